The molecule has 0 aliphatic heterocycles. The van der Waals surface area contributed by atoms with Gasteiger partial charge < -0.3 is 4.74 Å². The summed E-state index contributed by atoms with van der Waals surface area (Å²) in [5.41, 5.74) is 1.32. The summed E-state index contributed by atoms with van der Waals surface area (Å²) in [4.78, 5) is 0. The summed E-state index contributed by atoms with van der Waals surface area (Å²) in [6.07, 6.45) is 13.9. The number of thiophene rings is 1. The molecule has 0 aliphatic carbocycles. The van der Waals surface area contributed by atoms with Gasteiger partial charge in [0, 0.05) is 6.61 Å². The molecule has 2 heteroatoms. The highest BCUT2D eigenvalue weighted by atomic mass is 32.1. The molecule has 1 aromatic heterocycles. The zero-order valence-corrected chi connectivity index (χ0v) is 13.4. The van der Waals surface area contributed by atoms with Crippen molar-refractivity contribution in [2.75, 3.05) is 6.61 Å². The maximum Gasteiger partial charge on any atom is 0.0724 e. The molecule has 19 heavy (non-hydrogen) atoms. The number of rotatable bonds is 13. The number of ether oxygens (including phenoxy) is 1. The van der Waals surface area contributed by atoms with E-state index in [1.165, 1.54) is 69.8 Å². The molecule has 0 atom stereocenters. The van der Waals surface area contributed by atoms with Crippen LogP contribution < -0.4 is 0 Å². The highest BCUT2D eigenvalue weighted by molar-refractivity contribution is 7.07. The molecule has 0 amide bonds. The fraction of sp³-hybridized carbons (Fsp3) is 0.765. The Morgan fingerprint density at radius 1 is 0.895 bits per heavy atom. The largest absolute Gasteiger partial charge is 0.377 e. The predicted octanol–water partition coefficient (Wildman–Crippen LogP) is 6.19. The highest BCUT2D eigenvalue weighted by Gasteiger charge is 1.95. The topological polar surface area (TPSA) is 9.23 Å². The molecule has 0 radical (unpaired) electrons. The van der Waals surface area contributed by atoms with E-state index in [1.54, 1.807) is 11.3 Å². The van der Waals surface area contributed by atoms with Crippen molar-refractivity contribution in [3.05, 3.63) is 22.4 Å². The maximum atomic E-state index is 5.66. The third-order valence-corrected chi connectivity index (χ3v) is 4.22. The van der Waals surface area contributed by atoms with E-state index in [4.69, 9.17) is 4.74 Å². The fourth-order valence-corrected chi connectivity index (χ4v) is 2.91. The van der Waals surface area contributed by atoms with E-state index in [9.17, 15) is 0 Å². The zero-order chi connectivity index (χ0) is 13.6. The molecule has 1 nitrogen and oxygen atoms in total. The molecule has 0 bridgehead atoms. The Bertz CT molecular complexity index is 269. The molecular weight excluding hydrogens is 252 g/mol. The van der Waals surface area contributed by atoms with Crippen LogP contribution in [0.5, 0.6) is 0 Å². The Labute approximate surface area is 123 Å². The third kappa shape index (κ3) is 10.1. The van der Waals surface area contributed by atoms with Crippen LogP contribution in [0.4, 0.5) is 0 Å². The Hall–Kier alpha value is -0.340. The first-order valence-corrected chi connectivity index (χ1v) is 8.96. The van der Waals surface area contributed by atoms with Crippen molar-refractivity contribution in [2.45, 2.75) is 77.7 Å². The molecular formula is C17H30OS. The number of unbranched alkanes of at least 4 members (excludes halogenated alkanes) is 9. The first kappa shape index (κ1) is 16.7. The van der Waals surface area contributed by atoms with Crippen molar-refractivity contribution >= 4 is 11.3 Å². The summed E-state index contributed by atoms with van der Waals surface area (Å²) >= 11 is 1.74. The van der Waals surface area contributed by atoms with E-state index >= 15 is 0 Å². The van der Waals surface area contributed by atoms with E-state index in [-0.39, 0.29) is 0 Å². The predicted molar refractivity (Wildman–Crippen MR) is 85.8 cm³/mol. The lowest BCUT2D eigenvalue weighted by Crippen LogP contribution is -1.94. The van der Waals surface area contributed by atoms with Gasteiger partial charge in [0.2, 0.25) is 0 Å². The van der Waals surface area contributed by atoms with Gasteiger partial charge in [-0.2, -0.15) is 11.3 Å². The van der Waals surface area contributed by atoms with Crippen LogP contribution in [0.2, 0.25) is 0 Å². The Kier molecular flexibility index (Phi) is 11.2. The lowest BCUT2D eigenvalue weighted by Gasteiger charge is -2.03. The molecule has 0 aromatic carbocycles. The monoisotopic (exact) mass is 282 g/mol. The molecule has 0 spiro atoms. The van der Waals surface area contributed by atoms with E-state index < -0.39 is 0 Å². The van der Waals surface area contributed by atoms with Crippen LogP contribution in [-0.4, -0.2) is 6.61 Å². The highest BCUT2D eigenvalue weighted by Crippen LogP contribution is 2.11. The van der Waals surface area contributed by atoms with Gasteiger partial charge in [0.05, 0.1) is 6.61 Å². The molecule has 1 rings (SSSR count). The first-order chi connectivity index (χ1) is 9.43. The second kappa shape index (κ2) is 12.7. The van der Waals surface area contributed by atoms with Crippen molar-refractivity contribution in [3.8, 4) is 0 Å². The SMILES string of the molecule is CCCCCCCCCCCCOCc1ccsc1. The van der Waals surface area contributed by atoms with Gasteiger partial charge in [0.25, 0.3) is 0 Å². The van der Waals surface area contributed by atoms with Gasteiger partial charge in [0.1, 0.15) is 0 Å². The summed E-state index contributed by atoms with van der Waals surface area (Å²) < 4.78 is 5.66. The molecule has 0 fully saturated rings. The normalized spacial score (nSPS) is 11.0. The second-order valence-corrected chi connectivity index (χ2v) is 6.15. The molecule has 1 aromatic rings. The van der Waals surface area contributed by atoms with Crippen LogP contribution in [-0.2, 0) is 11.3 Å². The van der Waals surface area contributed by atoms with Crippen molar-refractivity contribution in [2.24, 2.45) is 0 Å². The Balaban J connectivity index is 1.72. The van der Waals surface area contributed by atoms with Gasteiger partial charge in [-0.05, 0) is 28.8 Å². The smallest absolute Gasteiger partial charge is 0.0724 e. The van der Waals surface area contributed by atoms with Gasteiger partial charge >= 0.3 is 0 Å². The molecule has 0 saturated carbocycles. The van der Waals surface area contributed by atoms with E-state index in [2.05, 4.69) is 23.8 Å². The molecule has 0 aliphatic rings. The van der Waals surface area contributed by atoms with Gasteiger partial charge in [0.15, 0.2) is 0 Å². The van der Waals surface area contributed by atoms with E-state index in [0.29, 0.717) is 0 Å². The standard InChI is InChI=1S/C17H30OS/c1-2-3-4-5-6-7-8-9-10-11-13-18-15-17-12-14-19-16-17/h12,14,16H,2-11,13,15H2,1H3. The zero-order valence-electron chi connectivity index (χ0n) is 12.5. The molecule has 0 saturated heterocycles. The van der Waals surface area contributed by atoms with Crippen LogP contribution in [0.3, 0.4) is 0 Å². The van der Waals surface area contributed by atoms with Crippen molar-refractivity contribution in [1.82, 2.24) is 0 Å². The van der Waals surface area contributed by atoms with Crippen LogP contribution in [0.15, 0.2) is 16.8 Å². The maximum absolute atomic E-state index is 5.66. The number of hydrogen-bond donors (Lipinski definition) is 0. The van der Waals surface area contributed by atoms with Crippen LogP contribution in [0.1, 0.15) is 76.7 Å². The molecule has 0 unspecified atom stereocenters. The lowest BCUT2D eigenvalue weighted by molar-refractivity contribution is 0.117. The van der Waals surface area contributed by atoms with Crippen LogP contribution in [0, 0.1) is 0 Å². The van der Waals surface area contributed by atoms with Gasteiger partial charge in [-0.3, -0.25) is 0 Å². The summed E-state index contributed by atoms with van der Waals surface area (Å²) in [6, 6.07) is 2.14. The van der Waals surface area contributed by atoms with Gasteiger partial charge in [-0.15, -0.1) is 0 Å². The molecule has 0 N–H and O–H groups in total. The van der Waals surface area contributed by atoms with Crippen LogP contribution in [0.25, 0.3) is 0 Å². The fourth-order valence-electron chi connectivity index (χ4n) is 2.26. The minimum atomic E-state index is 0.793. The minimum absolute atomic E-state index is 0.793. The van der Waals surface area contributed by atoms with Crippen molar-refractivity contribution < 1.29 is 4.74 Å². The number of hydrogen-bond acceptors (Lipinski definition) is 2. The quantitative estimate of drug-likeness (QED) is 0.392. The average molecular weight is 282 g/mol. The van der Waals surface area contributed by atoms with Crippen molar-refractivity contribution in [3.63, 3.8) is 0 Å². The minimum Gasteiger partial charge on any atom is -0.377 e. The summed E-state index contributed by atoms with van der Waals surface area (Å²) in [7, 11) is 0. The van der Waals surface area contributed by atoms with E-state index in [0.717, 1.165) is 13.2 Å². The molecule has 110 valence electrons. The summed E-state index contributed by atoms with van der Waals surface area (Å²) in [5.74, 6) is 0. The molecule has 1 heterocycles. The first-order valence-electron chi connectivity index (χ1n) is 8.02. The van der Waals surface area contributed by atoms with Crippen LogP contribution >= 0.6 is 11.3 Å². The van der Waals surface area contributed by atoms with E-state index in [1.807, 2.05) is 0 Å². The Morgan fingerprint density at radius 2 is 1.53 bits per heavy atom. The van der Waals surface area contributed by atoms with Gasteiger partial charge in [-0.1, -0.05) is 64.7 Å². The average Bonchev–Trinajstić information content (AvgIpc) is 2.93. The lowest BCUT2D eigenvalue weighted by atomic mass is 10.1. The van der Waals surface area contributed by atoms with Gasteiger partial charge in [-0.25, -0.2) is 0 Å². The third-order valence-electron chi connectivity index (χ3n) is 3.49. The second-order valence-electron chi connectivity index (χ2n) is 5.37. The Morgan fingerprint density at radius 3 is 2.11 bits per heavy atom. The summed E-state index contributed by atoms with van der Waals surface area (Å²) in [6.45, 7) is 3.99. The summed E-state index contributed by atoms with van der Waals surface area (Å²) in [5, 5.41) is 4.28. The van der Waals surface area contributed by atoms with Crippen molar-refractivity contribution in [1.29, 1.82) is 0 Å².